The van der Waals surface area contributed by atoms with Crippen molar-refractivity contribution in [1.82, 2.24) is 14.8 Å². The predicted octanol–water partition coefficient (Wildman–Crippen LogP) is 6.59. The van der Waals surface area contributed by atoms with E-state index < -0.39 is 5.97 Å². The van der Waals surface area contributed by atoms with Crippen LogP contribution in [0.15, 0.2) is 40.9 Å². The Hall–Kier alpha value is -2.95. The van der Waals surface area contributed by atoms with Crippen LogP contribution in [0.3, 0.4) is 0 Å². The number of rotatable bonds is 9. The van der Waals surface area contributed by atoms with Crippen LogP contribution in [0.5, 0.6) is 0 Å². The molecule has 0 aliphatic carbocycles. The third kappa shape index (κ3) is 5.25. The number of aryl methyl sites for hydroxylation is 2. The largest absolute Gasteiger partial charge is 0.465 e. The second-order valence-corrected chi connectivity index (χ2v) is 11.5. The first-order valence-corrected chi connectivity index (χ1v) is 14.2. The van der Waals surface area contributed by atoms with Gasteiger partial charge in [-0.15, -0.1) is 32.9 Å². The van der Waals surface area contributed by atoms with Crippen LogP contribution < -0.4 is 5.32 Å². The number of benzene rings is 1. The number of thiophene rings is 2. The molecule has 0 unspecified atom stereocenters. The third-order valence-corrected chi connectivity index (χ3v) is 8.81. The molecule has 0 saturated heterocycles. The summed E-state index contributed by atoms with van der Waals surface area (Å²) in [6, 6.07) is 9.64. The van der Waals surface area contributed by atoms with Crippen molar-refractivity contribution in [2.24, 2.45) is 0 Å². The van der Waals surface area contributed by atoms with Gasteiger partial charge in [0.25, 0.3) is 0 Å². The van der Waals surface area contributed by atoms with E-state index >= 15 is 0 Å². The van der Waals surface area contributed by atoms with Gasteiger partial charge in [0.05, 0.1) is 12.9 Å². The van der Waals surface area contributed by atoms with Crippen LogP contribution in [-0.4, -0.2) is 39.5 Å². The van der Waals surface area contributed by atoms with Gasteiger partial charge in [0, 0.05) is 32.8 Å². The first kappa shape index (κ1) is 26.1. The zero-order valence-corrected chi connectivity index (χ0v) is 23.3. The quantitative estimate of drug-likeness (QED) is 0.190. The van der Waals surface area contributed by atoms with E-state index in [1.165, 1.54) is 40.6 Å². The third-order valence-electron chi connectivity index (χ3n) is 5.81. The van der Waals surface area contributed by atoms with Crippen molar-refractivity contribution in [1.29, 1.82) is 0 Å². The molecule has 1 N–H and O–H groups in total. The van der Waals surface area contributed by atoms with Gasteiger partial charge in [-0.05, 0) is 38.3 Å². The summed E-state index contributed by atoms with van der Waals surface area (Å²) in [6.07, 6.45) is 0.923. The number of nitrogens with one attached hydrogen (secondary N) is 1. The van der Waals surface area contributed by atoms with Gasteiger partial charge in [-0.25, -0.2) is 4.79 Å². The Morgan fingerprint density at radius 1 is 1.11 bits per heavy atom. The molecule has 0 fully saturated rings. The van der Waals surface area contributed by atoms with Crippen molar-refractivity contribution < 1.29 is 14.3 Å². The fourth-order valence-electron chi connectivity index (χ4n) is 3.93. The van der Waals surface area contributed by atoms with Crippen molar-refractivity contribution >= 4 is 51.3 Å². The Labute approximate surface area is 222 Å². The normalized spacial score (nSPS) is 11.0. The molecular formula is C26H28N4O3S3. The number of thioether (sulfide) groups is 1. The summed E-state index contributed by atoms with van der Waals surface area (Å²) in [5, 5.41) is 15.1. The molecule has 188 valence electrons. The second kappa shape index (κ2) is 11.4. The number of hydrogen-bond donors (Lipinski definition) is 1. The summed E-state index contributed by atoms with van der Waals surface area (Å²) in [5.41, 5.74) is 4.35. The van der Waals surface area contributed by atoms with Crippen LogP contribution in [0.1, 0.15) is 39.0 Å². The first-order chi connectivity index (χ1) is 17.3. The Morgan fingerprint density at radius 2 is 1.86 bits per heavy atom. The number of esters is 1. The Kier molecular flexibility index (Phi) is 8.28. The minimum atomic E-state index is -0.477. The monoisotopic (exact) mass is 540 g/mol. The van der Waals surface area contributed by atoms with Gasteiger partial charge in [-0.3, -0.25) is 4.79 Å². The SMILES string of the molecule is CCCn1c(SCC(=O)Nc2sc(C)c(-c3ccccc3)c2C(=O)OC)nnc1-c1csc(C)c1C. The summed E-state index contributed by atoms with van der Waals surface area (Å²) < 4.78 is 7.13. The Balaban J connectivity index is 1.55. The van der Waals surface area contributed by atoms with Crippen LogP contribution >= 0.6 is 34.4 Å². The van der Waals surface area contributed by atoms with Gasteiger partial charge >= 0.3 is 5.97 Å². The minimum Gasteiger partial charge on any atom is -0.465 e. The second-order valence-electron chi connectivity index (χ2n) is 8.22. The number of amides is 1. The molecule has 0 bridgehead atoms. The van der Waals surface area contributed by atoms with Crippen molar-refractivity contribution in [3.05, 3.63) is 56.6 Å². The lowest BCUT2D eigenvalue weighted by Gasteiger charge is -2.10. The molecule has 4 aromatic rings. The summed E-state index contributed by atoms with van der Waals surface area (Å²) in [7, 11) is 1.35. The molecular weight excluding hydrogens is 513 g/mol. The molecule has 0 saturated carbocycles. The summed E-state index contributed by atoms with van der Waals surface area (Å²) in [5.74, 6) is 0.272. The van der Waals surface area contributed by atoms with E-state index in [0.29, 0.717) is 15.7 Å². The molecule has 0 atom stereocenters. The summed E-state index contributed by atoms with van der Waals surface area (Å²) >= 11 is 4.41. The summed E-state index contributed by atoms with van der Waals surface area (Å²) in [4.78, 5) is 27.9. The number of methoxy groups -OCH3 is 1. The highest BCUT2D eigenvalue weighted by Gasteiger charge is 2.25. The zero-order valence-electron chi connectivity index (χ0n) is 20.9. The van der Waals surface area contributed by atoms with Crippen molar-refractivity contribution in [3.8, 4) is 22.5 Å². The van der Waals surface area contributed by atoms with Gasteiger partial charge in [-0.1, -0.05) is 49.0 Å². The number of anilines is 1. The minimum absolute atomic E-state index is 0.141. The van der Waals surface area contributed by atoms with Crippen LogP contribution in [0.25, 0.3) is 22.5 Å². The molecule has 7 nitrogen and oxygen atoms in total. The van der Waals surface area contributed by atoms with E-state index in [-0.39, 0.29) is 11.7 Å². The number of nitrogens with zero attached hydrogens (tertiary/aromatic N) is 3. The molecule has 1 amide bonds. The van der Waals surface area contributed by atoms with Crippen LogP contribution in [-0.2, 0) is 16.1 Å². The van der Waals surface area contributed by atoms with Crippen molar-refractivity contribution in [2.75, 3.05) is 18.2 Å². The van der Waals surface area contributed by atoms with E-state index in [0.717, 1.165) is 40.4 Å². The first-order valence-electron chi connectivity index (χ1n) is 11.5. The number of hydrogen-bond acceptors (Lipinski definition) is 8. The van der Waals surface area contributed by atoms with Gasteiger partial charge in [-0.2, -0.15) is 0 Å². The van der Waals surface area contributed by atoms with E-state index in [2.05, 4.69) is 46.2 Å². The highest BCUT2D eigenvalue weighted by Crippen LogP contribution is 2.40. The van der Waals surface area contributed by atoms with E-state index in [1.54, 1.807) is 11.3 Å². The highest BCUT2D eigenvalue weighted by molar-refractivity contribution is 7.99. The molecule has 36 heavy (non-hydrogen) atoms. The number of carbonyl (C=O) groups is 2. The smallest absolute Gasteiger partial charge is 0.341 e. The van der Waals surface area contributed by atoms with Gasteiger partial charge in [0.15, 0.2) is 11.0 Å². The van der Waals surface area contributed by atoms with Crippen LogP contribution in [0.4, 0.5) is 5.00 Å². The lowest BCUT2D eigenvalue weighted by atomic mass is 10.0. The lowest BCUT2D eigenvalue weighted by Crippen LogP contribution is -2.16. The Morgan fingerprint density at radius 3 is 2.50 bits per heavy atom. The van der Waals surface area contributed by atoms with Crippen LogP contribution in [0.2, 0.25) is 0 Å². The molecule has 3 heterocycles. The fraction of sp³-hybridized carbons (Fsp3) is 0.308. The highest BCUT2D eigenvalue weighted by atomic mass is 32.2. The zero-order chi connectivity index (χ0) is 25.8. The van der Waals surface area contributed by atoms with E-state index in [4.69, 9.17) is 4.74 Å². The molecule has 0 aliphatic heterocycles. The standard InChI is InChI=1S/C26H28N4O3S3/c1-6-12-30-23(19-13-34-16(3)15(19)2)28-29-26(30)35-14-20(31)27-24-22(25(32)33-5)21(17(4)36-24)18-10-8-7-9-11-18/h7-11,13H,6,12,14H2,1-5H3,(H,27,31). The van der Waals surface area contributed by atoms with Crippen molar-refractivity contribution in [2.45, 2.75) is 45.8 Å². The molecule has 1 aromatic carbocycles. The average molecular weight is 541 g/mol. The van der Waals surface area contributed by atoms with Crippen molar-refractivity contribution in [3.63, 3.8) is 0 Å². The maximum atomic E-state index is 13.0. The van der Waals surface area contributed by atoms with E-state index in [1.807, 2.05) is 37.3 Å². The number of aromatic nitrogens is 3. The van der Waals surface area contributed by atoms with Gasteiger partial charge in [0.1, 0.15) is 10.6 Å². The maximum Gasteiger partial charge on any atom is 0.341 e. The molecule has 0 radical (unpaired) electrons. The lowest BCUT2D eigenvalue weighted by molar-refractivity contribution is -0.113. The topological polar surface area (TPSA) is 86.1 Å². The summed E-state index contributed by atoms with van der Waals surface area (Å²) in [6.45, 7) is 9.00. The molecule has 0 aliphatic rings. The molecule has 4 rings (SSSR count). The average Bonchev–Trinajstić information content (AvgIpc) is 3.53. The van der Waals surface area contributed by atoms with Crippen LogP contribution in [0, 0.1) is 20.8 Å². The van der Waals surface area contributed by atoms with Gasteiger partial charge in [0.2, 0.25) is 5.91 Å². The number of carbonyl (C=O) groups excluding carboxylic acids is 2. The molecule has 0 spiro atoms. The Bertz CT molecular complexity index is 1390. The van der Waals surface area contributed by atoms with Gasteiger partial charge < -0.3 is 14.6 Å². The maximum absolute atomic E-state index is 13.0. The predicted molar refractivity (Wildman–Crippen MR) is 148 cm³/mol. The number of ether oxygens (including phenoxy) is 1. The molecule has 3 aromatic heterocycles. The molecule has 10 heteroatoms. The van der Waals surface area contributed by atoms with E-state index in [9.17, 15) is 9.59 Å². The fourth-order valence-corrected chi connectivity index (χ4v) is 6.64.